The fraction of sp³-hybridized carbons (Fsp3) is 0.172. The Morgan fingerprint density at radius 3 is 1.95 bits per heavy atom. The van der Waals surface area contributed by atoms with Crippen molar-refractivity contribution in [2.24, 2.45) is 5.73 Å². The van der Waals surface area contributed by atoms with Crippen LogP contribution in [0.25, 0.3) is 21.5 Å². The van der Waals surface area contributed by atoms with Gasteiger partial charge in [-0.05, 0) is 44.2 Å². The van der Waals surface area contributed by atoms with Gasteiger partial charge in [0.1, 0.15) is 6.04 Å². The van der Waals surface area contributed by atoms with E-state index >= 15 is 0 Å². The van der Waals surface area contributed by atoms with E-state index in [0.717, 1.165) is 32.7 Å². The standard InChI is InChI=1S/C29H26N4O4/c1-33(28(34)24(30)16-18-10-12-20-6-2-4-8-22(20)14-18)25(27-31-26(29(35)36)32-37-27)17-19-11-13-21-7-3-5-9-23(21)15-19/h2-15,24-25H,16-17,30H2,1H3,(H,35,36)/t24-,25-/m1/s1. The molecular formula is C29H26N4O4. The summed E-state index contributed by atoms with van der Waals surface area (Å²) in [6.07, 6.45) is 0.692. The van der Waals surface area contributed by atoms with Gasteiger partial charge in [0.25, 0.3) is 5.82 Å². The number of carboxylic acids is 1. The smallest absolute Gasteiger partial charge is 0.377 e. The van der Waals surface area contributed by atoms with Crippen molar-refractivity contribution in [1.82, 2.24) is 15.0 Å². The van der Waals surface area contributed by atoms with Crippen molar-refractivity contribution in [1.29, 1.82) is 0 Å². The number of aromatic carboxylic acids is 1. The minimum Gasteiger partial charge on any atom is -0.475 e. The van der Waals surface area contributed by atoms with Gasteiger partial charge in [0.2, 0.25) is 11.8 Å². The Bertz CT molecular complexity index is 1600. The molecule has 186 valence electrons. The quantitative estimate of drug-likeness (QED) is 0.328. The molecule has 5 rings (SSSR count). The summed E-state index contributed by atoms with van der Waals surface area (Å²) in [6.45, 7) is 0. The summed E-state index contributed by atoms with van der Waals surface area (Å²) in [5.41, 5.74) is 8.26. The Hall–Kier alpha value is -4.56. The first-order chi connectivity index (χ1) is 17.9. The maximum absolute atomic E-state index is 13.5. The number of nitrogens with two attached hydrogens (primary N) is 1. The third-order valence-corrected chi connectivity index (χ3v) is 6.56. The second-order valence-electron chi connectivity index (χ2n) is 9.10. The lowest BCUT2D eigenvalue weighted by Gasteiger charge is -2.28. The summed E-state index contributed by atoms with van der Waals surface area (Å²) in [4.78, 5) is 30.3. The molecule has 8 heteroatoms. The average Bonchev–Trinajstić information content (AvgIpc) is 3.41. The Morgan fingerprint density at radius 2 is 1.41 bits per heavy atom. The van der Waals surface area contributed by atoms with Crippen molar-refractivity contribution in [2.75, 3.05) is 7.05 Å². The molecule has 0 saturated heterocycles. The molecule has 37 heavy (non-hydrogen) atoms. The number of hydrogen-bond acceptors (Lipinski definition) is 6. The van der Waals surface area contributed by atoms with E-state index in [2.05, 4.69) is 10.1 Å². The molecule has 0 fully saturated rings. The Kier molecular flexibility index (Phi) is 6.66. The molecule has 3 N–H and O–H groups in total. The van der Waals surface area contributed by atoms with Crippen LogP contribution in [0.5, 0.6) is 0 Å². The number of carboxylic acid groups (broad SMARTS) is 1. The lowest BCUT2D eigenvalue weighted by atomic mass is 9.99. The first-order valence-corrected chi connectivity index (χ1v) is 11.9. The number of benzene rings is 4. The fourth-order valence-electron chi connectivity index (χ4n) is 4.56. The Balaban J connectivity index is 1.41. The number of carbonyl (C=O) groups is 2. The van der Waals surface area contributed by atoms with Crippen LogP contribution in [0.3, 0.4) is 0 Å². The minimum atomic E-state index is -1.30. The summed E-state index contributed by atoms with van der Waals surface area (Å²) in [6, 6.07) is 26.5. The Labute approximate surface area is 213 Å². The highest BCUT2D eigenvalue weighted by Crippen LogP contribution is 2.26. The van der Waals surface area contributed by atoms with Crippen LogP contribution in [0.1, 0.15) is 33.7 Å². The van der Waals surface area contributed by atoms with Gasteiger partial charge in [-0.3, -0.25) is 4.79 Å². The Morgan fingerprint density at radius 1 is 0.865 bits per heavy atom. The number of nitrogens with zero attached hydrogens (tertiary/aromatic N) is 3. The SMILES string of the molecule is CN(C(=O)[C@H](N)Cc1ccc2ccccc2c1)[C@H](Cc1ccc2ccccc2c1)c1nc(C(=O)O)no1. The van der Waals surface area contributed by atoms with E-state index in [1.54, 1.807) is 7.05 Å². The molecule has 0 bridgehead atoms. The highest BCUT2D eigenvalue weighted by Gasteiger charge is 2.31. The zero-order chi connectivity index (χ0) is 25.9. The minimum absolute atomic E-state index is 0.0410. The highest BCUT2D eigenvalue weighted by atomic mass is 16.5. The third kappa shape index (κ3) is 5.19. The highest BCUT2D eigenvalue weighted by molar-refractivity contribution is 5.85. The van der Waals surface area contributed by atoms with Gasteiger partial charge < -0.3 is 20.3 Å². The van der Waals surface area contributed by atoms with E-state index < -0.39 is 23.9 Å². The predicted octanol–water partition coefficient (Wildman–Crippen LogP) is 4.39. The van der Waals surface area contributed by atoms with Crippen LogP contribution in [-0.2, 0) is 17.6 Å². The second-order valence-corrected chi connectivity index (χ2v) is 9.10. The number of rotatable bonds is 8. The molecule has 0 unspecified atom stereocenters. The van der Waals surface area contributed by atoms with Gasteiger partial charge in [0, 0.05) is 13.5 Å². The van der Waals surface area contributed by atoms with Gasteiger partial charge in [0.15, 0.2) is 0 Å². The van der Waals surface area contributed by atoms with Crippen molar-refractivity contribution in [3.8, 4) is 0 Å². The normalized spacial score (nSPS) is 12.9. The second kappa shape index (κ2) is 10.2. The number of amides is 1. The summed E-state index contributed by atoms with van der Waals surface area (Å²) in [7, 11) is 1.62. The molecule has 0 saturated carbocycles. The number of fused-ring (bicyclic) bond motifs is 2. The number of likely N-dealkylation sites (N-methyl/N-ethyl adjacent to an activating group) is 1. The van der Waals surface area contributed by atoms with E-state index in [0.29, 0.717) is 12.8 Å². The molecule has 0 radical (unpaired) electrons. The van der Waals surface area contributed by atoms with Gasteiger partial charge in [-0.1, -0.05) is 84.9 Å². The molecule has 0 aliphatic carbocycles. The number of carbonyl (C=O) groups excluding carboxylic acids is 1. The van der Waals surface area contributed by atoms with Crippen LogP contribution in [0.4, 0.5) is 0 Å². The van der Waals surface area contributed by atoms with Crippen LogP contribution in [0.2, 0.25) is 0 Å². The van der Waals surface area contributed by atoms with E-state index in [4.69, 9.17) is 10.3 Å². The molecule has 2 atom stereocenters. The van der Waals surface area contributed by atoms with Crippen molar-refractivity contribution in [2.45, 2.75) is 24.9 Å². The van der Waals surface area contributed by atoms with E-state index in [-0.39, 0.29) is 11.8 Å². The fourth-order valence-corrected chi connectivity index (χ4v) is 4.56. The molecule has 1 aromatic heterocycles. The van der Waals surface area contributed by atoms with Gasteiger partial charge in [0.05, 0.1) is 6.04 Å². The van der Waals surface area contributed by atoms with Crippen LogP contribution in [0.15, 0.2) is 89.5 Å². The number of aromatic nitrogens is 2. The van der Waals surface area contributed by atoms with Gasteiger partial charge >= 0.3 is 5.97 Å². The predicted molar refractivity (Wildman–Crippen MR) is 140 cm³/mol. The van der Waals surface area contributed by atoms with E-state index in [9.17, 15) is 14.7 Å². The van der Waals surface area contributed by atoms with Gasteiger partial charge in [-0.15, -0.1) is 0 Å². The molecule has 8 nitrogen and oxygen atoms in total. The van der Waals surface area contributed by atoms with Crippen LogP contribution < -0.4 is 5.73 Å². The van der Waals surface area contributed by atoms with Crippen molar-refractivity contribution in [3.05, 3.63) is 108 Å². The topological polar surface area (TPSA) is 123 Å². The maximum Gasteiger partial charge on any atom is 0.377 e. The summed E-state index contributed by atoms with van der Waals surface area (Å²) >= 11 is 0. The zero-order valence-electron chi connectivity index (χ0n) is 20.2. The lowest BCUT2D eigenvalue weighted by Crippen LogP contribution is -2.45. The van der Waals surface area contributed by atoms with E-state index in [1.807, 2.05) is 84.9 Å². The number of hydrogen-bond donors (Lipinski definition) is 2. The molecule has 1 amide bonds. The molecule has 0 aliphatic rings. The summed E-state index contributed by atoms with van der Waals surface area (Å²) in [5.74, 6) is -2.03. The molecule has 0 aliphatic heterocycles. The van der Waals surface area contributed by atoms with Crippen molar-refractivity contribution >= 4 is 33.4 Å². The zero-order valence-corrected chi connectivity index (χ0v) is 20.2. The van der Waals surface area contributed by atoms with Crippen LogP contribution in [0, 0.1) is 0 Å². The van der Waals surface area contributed by atoms with Crippen molar-refractivity contribution in [3.63, 3.8) is 0 Å². The largest absolute Gasteiger partial charge is 0.475 e. The maximum atomic E-state index is 13.5. The van der Waals surface area contributed by atoms with Crippen LogP contribution in [-0.4, -0.2) is 45.1 Å². The first kappa shape index (κ1) is 24.1. The van der Waals surface area contributed by atoms with E-state index in [1.165, 1.54) is 4.90 Å². The molecule has 1 heterocycles. The summed E-state index contributed by atoms with van der Waals surface area (Å²) in [5, 5.41) is 17.2. The molecule has 0 spiro atoms. The molecule has 5 aromatic rings. The molecular weight excluding hydrogens is 468 g/mol. The van der Waals surface area contributed by atoms with Crippen molar-refractivity contribution < 1.29 is 19.2 Å². The van der Waals surface area contributed by atoms with Gasteiger partial charge in [-0.2, -0.15) is 4.98 Å². The molecule has 4 aromatic carbocycles. The third-order valence-electron chi connectivity index (χ3n) is 6.56. The van der Waals surface area contributed by atoms with Gasteiger partial charge in [-0.25, -0.2) is 4.79 Å². The monoisotopic (exact) mass is 494 g/mol. The lowest BCUT2D eigenvalue weighted by molar-refractivity contribution is -0.134. The average molecular weight is 495 g/mol. The summed E-state index contributed by atoms with van der Waals surface area (Å²) < 4.78 is 5.29. The first-order valence-electron chi connectivity index (χ1n) is 11.9. The van der Waals surface area contributed by atoms with Crippen LogP contribution >= 0.6 is 0 Å².